The van der Waals surface area contributed by atoms with Gasteiger partial charge < -0.3 is 0 Å². The predicted molar refractivity (Wildman–Crippen MR) is 78.2 cm³/mol. The number of benzene rings is 2. The molecular formula is C16H16O3S. The molecule has 4 heteroatoms. The molecule has 1 unspecified atom stereocenters. The molecule has 2 aromatic carbocycles. The van der Waals surface area contributed by atoms with Gasteiger partial charge in [-0.05, 0) is 31.5 Å². The van der Waals surface area contributed by atoms with Crippen LogP contribution >= 0.6 is 0 Å². The second-order valence-electron chi connectivity index (χ2n) is 4.76. The number of aryl methyl sites for hydroxylation is 1. The molecule has 104 valence electrons. The van der Waals surface area contributed by atoms with Crippen LogP contribution in [0.15, 0.2) is 59.5 Å². The van der Waals surface area contributed by atoms with Gasteiger partial charge in [0.25, 0.3) is 0 Å². The van der Waals surface area contributed by atoms with E-state index in [9.17, 15) is 13.2 Å². The Morgan fingerprint density at radius 1 is 0.950 bits per heavy atom. The molecule has 3 nitrogen and oxygen atoms in total. The van der Waals surface area contributed by atoms with E-state index in [-0.39, 0.29) is 10.7 Å². The third-order valence-electron chi connectivity index (χ3n) is 3.13. The topological polar surface area (TPSA) is 51.2 Å². The second kappa shape index (κ2) is 5.59. The van der Waals surface area contributed by atoms with Gasteiger partial charge in [0.05, 0.1) is 4.90 Å². The van der Waals surface area contributed by atoms with Gasteiger partial charge in [0, 0.05) is 0 Å². The average Bonchev–Trinajstić information content (AvgIpc) is 2.39. The largest absolute Gasteiger partial charge is 0.298 e. The number of ketones is 1. The molecule has 0 fully saturated rings. The third kappa shape index (κ3) is 2.80. The molecule has 0 spiro atoms. The third-order valence-corrected chi connectivity index (χ3v) is 5.29. The minimum Gasteiger partial charge on any atom is -0.298 e. The highest BCUT2D eigenvalue weighted by molar-refractivity contribution is 7.92. The second-order valence-corrected chi connectivity index (χ2v) is 6.79. The fourth-order valence-corrected chi connectivity index (χ4v) is 3.86. The molecule has 0 saturated carbocycles. The van der Waals surface area contributed by atoms with Crippen LogP contribution in [0.25, 0.3) is 0 Å². The standard InChI is InChI=1S/C16H16O3S/c1-12-8-10-15(11-9-12)20(18,19)16(13(2)17)14-6-4-3-5-7-14/h3-11,16H,1-2H3. The molecule has 0 saturated heterocycles. The van der Waals surface area contributed by atoms with Crippen molar-refractivity contribution in [1.29, 1.82) is 0 Å². The summed E-state index contributed by atoms with van der Waals surface area (Å²) in [6, 6.07) is 15.1. The lowest BCUT2D eigenvalue weighted by molar-refractivity contribution is -0.116. The monoisotopic (exact) mass is 288 g/mol. The highest BCUT2D eigenvalue weighted by Gasteiger charge is 2.32. The minimum atomic E-state index is -3.72. The zero-order chi connectivity index (χ0) is 14.8. The van der Waals surface area contributed by atoms with Crippen LogP contribution in [0, 0.1) is 6.92 Å². The van der Waals surface area contributed by atoms with E-state index >= 15 is 0 Å². The Hall–Kier alpha value is -1.94. The van der Waals surface area contributed by atoms with E-state index in [0.29, 0.717) is 5.56 Å². The summed E-state index contributed by atoms with van der Waals surface area (Å²) >= 11 is 0. The van der Waals surface area contributed by atoms with Crippen LogP contribution < -0.4 is 0 Å². The van der Waals surface area contributed by atoms with Crippen LogP contribution in [-0.2, 0) is 14.6 Å². The van der Waals surface area contributed by atoms with Gasteiger partial charge in [-0.2, -0.15) is 0 Å². The van der Waals surface area contributed by atoms with E-state index in [2.05, 4.69) is 0 Å². The number of rotatable bonds is 4. The van der Waals surface area contributed by atoms with Crippen LogP contribution in [-0.4, -0.2) is 14.2 Å². The lowest BCUT2D eigenvalue weighted by Gasteiger charge is -2.15. The van der Waals surface area contributed by atoms with Crippen molar-refractivity contribution in [2.75, 3.05) is 0 Å². The first kappa shape index (κ1) is 14.5. The maximum Gasteiger partial charge on any atom is 0.192 e. The minimum absolute atomic E-state index is 0.173. The molecule has 0 radical (unpaired) electrons. The fourth-order valence-electron chi connectivity index (χ4n) is 2.12. The highest BCUT2D eigenvalue weighted by Crippen LogP contribution is 2.29. The SMILES string of the molecule is CC(=O)C(c1ccccc1)S(=O)(=O)c1ccc(C)cc1. The van der Waals surface area contributed by atoms with Gasteiger partial charge in [-0.1, -0.05) is 48.0 Å². The quantitative estimate of drug-likeness (QED) is 0.868. The van der Waals surface area contributed by atoms with Crippen molar-refractivity contribution in [3.8, 4) is 0 Å². The maximum absolute atomic E-state index is 12.7. The number of carbonyl (C=O) groups excluding carboxylic acids is 1. The maximum atomic E-state index is 12.7. The van der Waals surface area contributed by atoms with Crippen molar-refractivity contribution in [1.82, 2.24) is 0 Å². The van der Waals surface area contributed by atoms with E-state index < -0.39 is 15.1 Å². The Labute approximate surface area is 119 Å². The zero-order valence-electron chi connectivity index (χ0n) is 11.4. The van der Waals surface area contributed by atoms with Crippen LogP contribution in [0.1, 0.15) is 23.3 Å². The molecule has 0 heterocycles. The number of sulfone groups is 1. The summed E-state index contributed by atoms with van der Waals surface area (Å²) in [6.07, 6.45) is 0. The van der Waals surface area contributed by atoms with Gasteiger partial charge in [0.2, 0.25) is 0 Å². The van der Waals surface area contributed by atoms with Gasteiger partial charge in [-0.3, -0.25) is 4.79 Å². The van der Waals surface area contributed by atoms with Crippen molar-refractivity contribution in [3.63, 3.8) is 0 Å². The van der Waals surface area contributed by atoms with Crippen LogP contribution in [0.5, 0.6) is 0 Å². The van der Waals surface area contributed by atoms with E-state index in [1.54, 1.807) is 54.6 Å². The summed E-state index contributed by atoms with van der Waals surface area (Å²) in [4.78, 5) is 12.0. The lowest BCUT2D eigenvalue weighted by Crippen LogP contribution is -2.20. The first-order chi connectivity index (χ1) is 9.43. The molecule has 0 aliphatic rings. The van der Waals surface area contributed by atoms with Gasteiger partial charge in [-0.15, -0.1) is 0 Å². The Morgan fingerprint density at radius 3 is 2.00 bits per heavy atom. The number of carbonyl (C=O) groups is 1. The number of Topliss-reactive ketones (excluding diaryl/α,β-unsaturated/α-hetero) is 1. The molecule has 0 aliphatic carbocycles. The van der Waals surface area contributed by atoms with Crippen molar-refractivity contribution in [2.24, 2.45) is 0 Å². The molecule has 20 heavy (non-hydrogen) atoms. The molecule has 0 aliphatic heterocycles. The Bertz CT molecular complexity index is 701. The van der Waals surface area contributed by atoms with Crippen molar-refractivity contribution < 1.29 is 13.2 Å². The van der Waals surface area contributed by atoms with Crippen LogP contribution in [0.4, 0.5) is 0 Å². The fraction of sp³-hybridized carbons (Fsp3) is 0.188. The molecule has 0 amide bonds. The summed E-state index contributed by atoms with van der Waals surface area (Å²) in [5.74, 6) is -0.378. The molecule has 2 rings (SSSR count). The summed E-state index contributed by atoms with van der Waals surface area (Å²) in [5.41, 5.74) is 1.48. The summed E-state index contributed by atoms with van der Waals surface area (Å²) < 4.78 is 25.3. The summed E-state index contributed by atoms with van der Waals surface area (Å²) in [6.45, 7) is 3.19. The molecule has 0 bridgehead atoms. The molecular weight excluding hydrogens is 272 g/mol. The first-order valence-corrected chi connectivity index (χ1v) is 7.83. The molecule has 0 N–H and O–H groups in total. The Balaban J connectivity index is 2.54. The number of hydrogen-bond donors (Lipinski definition) is 0. The van der Waals surface area contributed by atoms with Crippen molar-refractivity contribution >= 4 is 15.6 Å². The van der Waals surface area contributed by atoms with Crippen molar-refractivity contribution in [3.05, 3.63) is 65.7 Å². The smallest absolute Gasteiger partial charge is 0.192 e. The van der Waals surface area contributed by atoms with E-state index in [1.807, 2.05) is 6.92 Å². The van der Waals surface area contributed by atoms with Gasteiger partial charge >= 0.3 is 0 Å². The molecule has 2 aromatic rings. The highest BCUT2D eigenvalue weighted by atomic mass is 32.2. The van der Waals surface area contributed by atoms with Gasteiger partial charge in [0.1, 0.15) is 5.25 Å². The van der Waals surface area contributed by atoms with E-state index in [0.717, 1.165) is 5.56 Å². The van der Waals surface area contributed by atoms with E-state index in [4.69, 9.17) is 0 Å². The zero-order valence-corrected chi connectivity index (χ0v) is 12.2. The first-order valence-electron chi connectivity index (χ1n) is 6.29. The molecule has 1 atom stereocenters. The Morgan fingerprint density at radius 2 is 1.50 bits per heavy atom. The Kier molecular flexibility index (Phi) is 4.04. The van der Waals surface area contributed by atoms with E-state index in [1.165, 1.54) is 6.92 Å². The van der Waals surface area contributed by atoms with Gasteiger partial charge in [-0.25, -0.2) is 8.42 Å². The van der Waals surface area contributed by atoms with Crippen LogP contribution in [0.3, 0.4) is 0 Å². The lowest BCUT2D eigenvalue weighted by atomic mass is 10.1. The summed E-state index contributed by atoms with van der Waals surface area (Å²) in [7, 11) is -3.72. The normalized spacial score (nSPS) is 12.9. The molecule has 0 aromatic heterocycles. The average molecular weight is 288 g/mol. The number of hydrogen-bond acceptors (Lipinski definition) is 3. The van der Waals surface area contributed by atoms with Gasteiger partial charge in [0.15, 0.2) is 15.6 Å². The van der Waals surface area contributed by atoms with Crippen molar-refractivity contribution in [2.45, 2.75) is 24.0 Å². The predicted octanol–water partition coefficient (Wildman–Crippen LogP) is 3.10. The van der Waals surface area contributed by atoms with Crippen LogP contribution in [0.2, 0.25) is 0 Å². The summed E-state index contributed by atoms with van der Waals surface area (Å²) in [5, 5.41) is -1.15.